The zero-order valence-electron chi connectivity index (χ0n) is 15.9. The van der Waals surface area contributed by atoms with Crippen LogP contribution in [0.4, 0.5) is 0 Å². The molecule has 1 aromatic carbocycles. The molecule has 3 rings (SSSR count). The van der Waals surface area contributed by atoms with Gasteiger partial charge in [0, 0.05) is 44.0 Å². The summed E-state index contributed by atoms with van der Waals surface area (Å²) in [6.45, 7) is 4.12. The van der Waals surface area contributed by atoms with E-state index in [0.717, 1.165) is 31.4 Å². The summed E-state index contributed by atoms with van der Waals surface area (Å²) in [6, 6.07) is 9.91. The molecule has 1 aromatic heterocycles. The lowest BCUT2D eigenvalue weighted by Crippen LogP contribution is -2.46. The maximum atomic E-state index is 12.6. The molecule has 144 valence electrons. The summed E-state index contributed by atoms with van der Waals surface area (Å²) in [5.74, 6) is 0.242. The number of imidazole rings is 1. The lowest BCUT2D eigenvalue weighted by atomic mass is 9.95. The first-order valence-electron chi connectivity index (χ1n) is 9.73. The average Bonchev–Trinajstić information content (AvgIpc) is 3.21. The summed E-state index contributed by atoms with van der Waals surface area (Å²) in [4.78, 5) is 31.0. The molecule has 6 nitrogen and oxygen atoms in total. The van der Waals surface area contributed by atoms with Crippen LogP contribution in [0, 0.1) is 5.92 Å². The molecule has 0 radical (unpaired) electrons. The number of rotatable bonds is 7. The molecule has 0 spiro atoms. The van der Waals surface area contributed by atoms with E-state index in [1.54, 1.807) is 12.5 Å². The monoisotopic (exact) mass is 368 g/mol. The molecule has 2 amide bonds. The van der Waals surface area contributed by atoms with Crippen LogP contribution in [0.2, 0.25) is 0 Å². The third-order valence-corrected chi connectivity index (χ3v) is 5.25. The van der Waals surface area contributed by atoms with E-state index in [0.29, 0.717) is 19.5 Å². The first-order chi connectivity index (χ1) is 13.2. The fraction of sp³-hybridized carbons (Fsp3) is 0.476. The van der Waals surface area contributed by atoms with Crippen LogP contribution >= 0.6 is 0 Å². The first kappa shape index (κ1) is 19.1. The van der Waals surface area contributed by atoms with Gasteiger partial charge in [0.1, 0.15) is 0 Å². The van der Waals surface area contributed by atoms with Crippen LogP contribution in [0.5, 0.6) is 0 Å². The Bertz CT molecular complexity index is 722. The van der Waals surface area contributed by atoms with Crippen LogP contribution in [0.25, 0.3) is 0 Å². The quantitative estimate of drug-likeness (QED) is 0.815. The zero-order valence-corrected chi connectivity index (χ0v) is 15.9. The fourth-order valence-electron chi connectivity index (χ4n) is 3.52. The molecule has 0 bridgehead atoms. The molecule has 0 saturated carbocycles. The van der Waals surface area contributed by atoms with Gasteiger partial charge in [0.25, 0.3) is 0 Å². The Labute approximate surface area is 160 Å². The van der Waals surface area contributed by atoms with Gasteiger partial charge < -0.3 is 14.8 Å². The number of hydrogen-bond acceptors (Lipinski definition) is 3. The number of amides is 2. The van der Waals surface area contributed by atoms with Crippen molar-refractivity contribution >= 4 is 11.8 Å². The van der Waals surface area contributed by atoms with Crippen molar-refractivity contribution in [2.75, 3.05) is 13.1 Å². The molecule has 0 aliphatic carbocycles. The molecule has 1 N–H and O–H groups in total. The van der Waals surface area contributed by atoms with E-state index in [1.165, 1.54) is 0 Å². The minimum Gasteiger partial charge on any atom is -0.351 e. The van der Waals surface area contributed by atoms with Crippen LogP contribution in [-0.2, 0) is 22.6 Å². The van der Waals surface area contributed by atoms with Gasteiger partial charge in [-0.15, -0.1) is 0 Å². The molecule has 1 saturated heterocycles. The molecule has 27 heavy (non-hydrogen) atoms. The number of nitrogens with zero attached hydrogens (tertiary/aromatic N) is 3. The van der Waals surface area contributed by atoms with Gasteiger partial charge in [0.15, 0.2) is 0 Å². The molecule has 1 atom stereocenters. The average molecular weight is 368 g/mol. The highest BCUT2D eigenvalue weighted by Crippen LogP contribution is 2.19. The van der Waals surface area contributed by atoms with Crippen molar-refractivity contribution in [3.8, 4) is 0 Å². The topological polar surface area (TPSA) is 67.2 Å². The standard InChI is InChI=1S/C21H28N4O2/c1-2-19(15-24-13-10-22-16-24)23-21(27)18-8-11-25(12-9-18)20(26)14-17-6-4-3-5-7-17/h3-7,10,13,16,18-19H,2,8-9,11-12,14-15H2,1H3,(H,23,27)/t19-/m0/s1. The molecule has 1 fully saturated rings. The minimum atomic E-state index is -0.0115. The highest BCUT2D eigenvalue weighted by molar-refractivity contribution is 5.81. The number of nitrogens with one attached hydrogen (secondary N) is 1. The second-order valence-corrected chi connectivity index (χ2v) is 7.19. The molecule has 2 aromatic rings. The van der Waals surface area contributed by atoms with Gasteiger partial charge in [0.05, 0.1) is 12.7 Å². The van der Waals surface area contributed by atoms with Crippen molar-refractivity contribution in [1.82, 2.24) is 19.8 Å². The maximum absolute atomic E-state index is 12.6. The summed E-state index contributed by atoms with van der Waals surface area (Å²) < 4.78 is 1.99. The van der Waals surface area contributed by atoms with E-state index in [9.17, 15) is 9.59 Å². The SMILES string of the molecule is CC[C@@H](Cn1ccnc1)NC(=O)C1CCN(C(=O)Cc2ccccc2)CC1. The van der Waals surface area contributed by atoms with Gasteiger partial charge in [-0.3, -0.25) is 9.59 Å². The van der Waals surface area contributed by atoms with Gasteiger partial charge >= 0.3 is 0 Å². The Morgan fingerprint density at radius 1 is 1.22 bits per heavy atom. The third-order valence-electron chi connectivity index (χ3n) is 5.25. The van der Waals surface area contributed by atoms with Crippen LogP contribution in [0.3, 0.4) is 0 Å². The molecular weight excluding hydrogens is 340 g/mol. The van der Waals surface area contributed by atoms with Crippen molar-refractivity contribution < 1.29 is 9.59 Å². The van der Waals surface area contributed by atoms with Crippen LogP contribution in [-0.4, -0.2) is 45.4 Å². The van der Waals surface area contributed by atoms with E-state index in [2.05, 4.69) is 17.2 Å². The maximum Gasteiger partial charge on any atom is 0.226 e. The van der Waals surface area contributed by atoms with E-state index in [1.807, 2.05) is 46.0 Å². The van der Waals surface area contributed by atoms with Crippen LogP contribution in [0.15, 0.2) is 49.1 Å². The second kappa shape index (κ2) is 9.35. The van der Waals surface area contributed by atoms with Crippen molar-refractivity contribution in [2.45, 2.75) is 45.2 Å². The van der Waals surface area contributed by atoms with Crippen LogP contribution < -0.4 is 5.32 Å². The molecule has 1 aliphatic heterocycles. The second-order valence-electron chi connectivity index (χ2n) is 7.19. The Morgan fingerprint density at radius 2 is 1.96 bits per heavy atom. The summed E-state index contributed by atoms with van der Waals surface area (Å²) in [6.07, 6.45) is 8.19. The van der Waals surface area contributed by atoms with Gasteiger partial charge in [-0.25, -0.2) is 4.98 Å². The number of hydrogen-bond donors (Lipinski definition) is 1. The summed E-state index contributed by atoms with van der Waals surface area (Å²) in [5.41, 5.74) is 1.03. The van der Waals surface area contributed by atoms with Gasteiger partial charge in [-0.1, -0.05) is 37.3 Å². The Morgan fingerprint density at radius 3 is 2.59 bits per heavy atom. The number of likely N-dealkylation sites (tertiary alicyclic amines) is 1. The largest absolute Gasteiger partial charge is 0.351 e. The minimum absolute atomic E-state index is 0.0115. The van der Waals surface area contributed by atoms with Gasteiger partial charge in [-0.05, 0) is 24.8 Å². The predicted molar refractivity (Wildman–Crippen MR) is 104 cm³/mol. The predicted octanol–water partition coefficient (Wildman–Crippen LogP) is 2.26. The first-order valence-corrected chi connectivity index (χ1v) is 9.73. The lowest BCUT2D eigenvalue weighted by molar-refractivity contribution is -0.135. The fourth-order valence-corrected chi connectivity index (χ4v) is 3.52. The molecule has 0 unspecified atom stereocenters. The summed E-state index contributed by atoms with van der Waals surface area (Å²) in [7, 11) is 0. The van der Waals surface area contributed by atoms with E-state index in [4.69, 9.17) is 0 Å². The normalized spacial score (nSPS) is 16.1. The Hall–Kier alpha value is -2.63. The lowest BCUT2D eigenvalue weighted by Gasteiger charge is -2.32. The number of carbonyl (C=O) groups is 2. The molecule has 1 aliphatic rings. The van der Waals surface area contributed by atoms with Crippen molar-refractivity contribution in [3.05, 3.63) is 54.6 Å². The summed E-state index contributed by atoms with van der Waals surface area (Å²) >= 11 is 0. The highest BCUT2D eigenvalue weighted by atomic mass is 16.2. The van der Waals surface area contributed by atoms with E-state index in [-0.39, 0.29) is 23.8 Å². The highest BCUT2D eigenvalue weighted by Gasteiger charge is 2.28. The Balaban J connectivity index is 1.45. The smallest absolute Gasteiger partial charge is 0.226 e. The van der Waals surface area contributed by atoms with E-state index < -0.39 is 0 Å². The van der Waals surface area contributed by atoms with Gasteiger partial charge in [0.2, 0.25) is 11.8 Å². The Kier molecular flexibility index (Phi) is 6.63. The van der Waals surface area contributed by atoms with Crippen molar-refractivity contribution in [3.63, 3.8) is 0 Å². The van der Waals surface area contributed by atoms with Gasteiger partial charge in [-0.2, -0.15) is 0 Å². The van der Waals surface area contributed by atoms with Crippen LogP contribution in [0.1, 0.15) is 31.7 Å². The molecular formula is C21H28N4O2. The van der Waals surface area contributed by atoms with E-state index >= 15 is 0 Å². The number of carbonyl (C=O) groups excluding carboxylic acids is 2. The summed E-state index contributed by atoms with van der Waals surface area (Å²) in [5, 5.41) is 3.17. The zero-order chi connectivity index (χ0) is 19.1. The molecule has 2 heterocycles. The number of benzene rings is 1. The number of piperidine rings is 1. The third kappa shape index (κ3) is 5.42. The number of aromatic nitrogens is 2. The van der Waals surface area contributed by atoms with Crippen molar-refractivity contribution in [2.24, 2.45) is 5.92 Å². The molecule has 6 heteroatoms. The van der Waals surface area contributed by atoms with Crippen molar-refractivity contribution in [1.29, 1.82) is 0 Å².